The lowest BCUT2D eigenvalue weighted by molar-refractivity contribution is 0.0927. The number of fused-ring (bicyclic) bond motifs is 1. The SMILES string of the molecule is Cc1cc(C(=O)N[C@H]2CCc3nn(C)c(=O)cc3C2)nn1C. The van der Waals surface area contributed by atoms with Crippen molar-refractivity contribution in [3.63, 3.8) is 0 Å². The van der Waals surface area contributed by atoms with Crippen molar-refractivity contribution in [2.24, 2.45) is 14.1 Å². The van der Waals surface area contributed by atoms with Gasteiger partial charge in [-0.3, -0.25) is 14.3 Å². The summed E-state index contributed by atoms with van der Waals surface area (Å²) in [7, 11) is 3.46. The minimum Gasteiger partial charge on any atom is -0.348 e. The molecule has 3 rings (SSSR count). The molecule has 0 bridgehead atoms. The lowest BCUT2D eigenvalue weighted by Crippen LogP contribution is -2.40. The van der Waals surface area contributed by atoms with Crippen LogP contribution >= 0.6 is 0 Å². The zero-order valence-electron chi connectivity index (χ0n) is 13.0. The lowest BCUT2D eigenvalue weighted by Gasteiger charge is -2.24. The second kappa shape index (κ2) is 5.40. The molecule has 1 N–H and O–H groups in total. The van der Waals surface area contributed by atoms with Gasteiger partial charge in [-0.05, 0) is 37.8 Å². The highest BCUT2D eigenvalue weighted by Crippen LogP contribution is 2.18. The van der Waals surface area contributed by atoms with Gasteiger partial charge in [-0.15, -0.1) is 0 Å². The zero-order valence-corrected chi connectivity index (χ0v) is 13.0. The van der Waals surface area contributed by atoms with Crippen LogP contribution in [-0.4, -0.2) is 31.5 Å². The van der Waals surface area contributed by atoms with E-state index >= 15 is 0 Å². The van der Waals surface area contributed by atoms with Gasteiger partial charge in [-0.25, -0.2) is 4.68 Å². The van der Waals surface area contributed by atoms with Gasteiger partial charge in [0.2, 0.25) is 0 Å². The number of amides is 1. The number of aryl methyl sites for hydroxylation is 4. The standard InChI is InChI=1S/C15H19N5O2/c1-9-6-13(18-19(9)2)15(22)16-11-4-5-12-10(7-11)8-14(21)20(3)17-12/h6,8,11H,4-5,7H2,1-3H3,(H,16,22)/t11-/m0/s1. The Kier molecular flexibility index (Phi) is 3.56. The van der Waals surface area contributed by atoms with Crippen LogP contribution in [0.4, 0.5) is 0 Å². The molecule has 1 atom stereocenters. The maximum atomic E-state index is 12.2. The Balaban J connectivity index is 1.73. The molecule has 0 radical (unpaired) electrons. The van der Waals surface area contributed by atoms with Crippen LogP contribution in [0.2, 0.25) is 0 Å². The average molecular weight is 301 g/mol. The molecule has 1 aliphatic rings. The Bertz CT molecular complexity index is 770. The Morgan fingerprint density at radius 3 is 2.73 bits per heavy atom. The molecule has 1 aliphatic carbocycles. The van der Waals surface area contributed by atoms with E-state index in [0.29, 0.717) is 12.1 Å². The first-order valence-corrected chi connectivity index (χ1v) is 7.31. The first-order chi connectivity index (χ1) is 10.4. The van der Waals surface area contributed by atoms with Gasteiger partial charge in [0.25, 0.3) is 11.5 Å². The van der Waals surface area contributed by atoms with Gasteiger partial charge in [-0.1, -0.05) is 0 Å². The lowest BCUT2D eigenvalue weighted by atomic mass is 9.92. The Morgan fingerprint density at radius 2 is 2.05 bits per heavy atom. The molecular weight excluding hydrogens is 282 g/mol. The van der Waals surface area contributed by atoms with Crippen molar-refractivity contribution in [1.82, 2.24) is 24.9 Å². The third kappa shape index (κ3) is 2.66. The van der Waals surface area contributed by atoms with E-state index < -0.39 is 0 Å². The van der Waals surface area contributed by atoms with Crippen LogP contribution in [0.1, 0.15) is 33.9 Å². The molecule has 0 spiro atoms. The normalized spacial score (nSPS) is 17.1. The molecule has 0 fully saturated rings. The highest BCUT2D eigenvalue weighted by Gasteiger charge is 2.23. The van der Waals surface area contributed by atoms with Crippen LogP contribution < -0.4 is 10.9 Å². The summed E-state index contributed by atoms with van der Waals surface area (Å²) in [5.41, 5.74) is 3.11. The highest BCUT2D eigenvalue weighted by atomic mass is 16.2. The topological polar surface area (TPSA) is 81.8 Å². The van der Waals surface area contributed by atoms with Crippen LogP contribution in [0.25, 0.3) is 0 Å². The van der Waals surface area contributed by atoms with Crippen molar-refractivity contribution in [3.05, 3.63) is 45.1 Å². The molecule has 2 aromatic rings. The number of nitrogens with zero attached hydrogens (tertiary/aromatic N) is 4. The van der Waals surface area contributed by atoms with E-state index in [2.05, 4.69) is 15.5 Å². The molecule has 0 unspecified atom stereocenters. The van der Waals surface area contributed by atoms with Crippen molar-refractivity contribution in [3.8, 4) is 0 Å². The number of rotatable bonds is 2. The molecule has 7 nitrogen and oxygen atoms in total. The minimum atomic E-state index is -0.172. The number of aromatic nitrogens is 4. The predicted octanol–water partition coefficient (Wildman–Crippen LogP) is 0.110. The van der Waals surface area contributed by atoms with Crippen LogP contribution in [-0.2, 0) is 26.9 Å². The summed E-state index contributed by atoms with van der Waals surface area (Å²) in [6.45, 7) is 1.90. The van der Waals surface area contributed by atoms with Crippen molar-refractivity contribution in [2.45, 2.75) is 32.2 Å². The van der Waals surface area contributed by atoms with Gasteiger partial charge in [0.05, 0.1) is 5.69 Å². The predicted molar refractivity (Wildman–Crippen MR) is 80.7 cm³/mol. The summed E-state index contributed by atoms with van der Waals surface area (Å²) in [5, 5.41) is 11.5. The van der Waals surface area contributed by atoms with Crippen molar-refractivity contribution < 1.29 is 4.79 Å². The number of hydrogen-bond donors (Lipinski definition) is 1. The zero-order chi connectivity index (χ0) is 15.9. The van der Waals surface area contributed by atoms with Crippen LogP contribution in [0.3, 0.4) is 0 Å². The molecular formula is C15H19N5O2. The van der Waals surface area contributed by atoms with E-state index in [0.717, 1.165) is 29.8 Å². The number of nitrogens with one attached hydrogen (secondary N) is 1. The summed E-state index contributed by atoms with van der Waals surface area (Å²) in [4.78, 5) is 23.9. The van der Waals surface area contributed by atoms with Crippen molar-refractivity contribution >= 4 is 5.91 Å². The maximum Gasteiger partial charge on any atom is 0.272 e. The van der Waals surface area contributed by atoms with Crippen molar-refractivity contribution in [2.75, 3.05) is 0 Å². The summed E-state index contributed by atoms with van der Waals surface area (Å²) in [5.74, 6) is -0.172. The van der Waals surface area contributed by atoms with Gasteiger partial charge >= 0.3 is 0 Å². The van der Waals surface area contributed by atoms with Gasteiger partial charge < -0.3 is 5.32 Å². The first-order valence-electron chi connectivity index (χ1n) is 7.31. The van der Waals surface area contributed by atoms with Gasteiger partial charge in [0.15, 0.2) is 0 Å². The summed E-state index contributed by atoms with van der Waals surface area (Å²) in [6.07, 6.45) is 2.21. The first kappa shape index (κ1) is 14.5. The van der Waals surface area contributed by atoms with Crippen LogP contribution in [0.5, 0.6) is 0 Å². The third-order valence-corrected chi connectivity index (χ3v) is 4.14. The molecule has 116 valence electrons. The maximum absolute atomic E-state index is 12.2. The van der Waals surface area contributed by atoms with Gasteiger partial charge in [-0.2, -0.15) is 10.2 Å². The average Bonchev–Trinajstić information content (AvgIpc) is 2.80. The Hall–Kier alpha value is -2.44. The van der Waals surface area contributed by atoms with Crippen LogP contribution in [0.15, 0.2) is 16.9 Å². The second-order valence-corrected chi connectivity index (χ2v) is 5.79. The Morgan fingerprint density at radius 1 is 1.27 bits per heavy atom. The van der Waals surface area contributed by atoms with E-state index in [1.165, 1.54) is 4.68 Å². The van der Waals surface area contributed by atoms with E-state index in [1.807, 2.05) is 14.0 Å². The molecule has 0 saturated carbocycles. The van der Waals surface area contributed by atoms with Crippen molar-refractivity contribution in [1.29, 1.82) is 0 Å². The fourth-order valence-corrected chi connectivity index (χ4v) is 2.74. The molecule has 2 aromatic heterocycles. The quantitative estimate of drug-likeness (QED) is 0.853. The fraction of sp³-hybridized carbons (Fsp3) is 0.467. The molecule has 0 aromatic carbocycles. The molecule has 22 heavy (non-hydrogen) atoms. The molecule has 2 heterocycles. The smallest absolute Gasteiger partial charge is 0.272 e. The monoisotopic (exact) mass is 301 g/mol. The Labute approximate surface area is 128 Å². The number of hydrogen-bond acceptors (Lipinski definition) is 4. The summed E-state index contributed by atoms with van der Waals surface area (Å²) < 4.78 is 3.03. The largest absolute Gasteiger partial charge is 0.348 e. The number of carbonyl (C=O) groups is 1. The van der Waals surface area contributed by atoms with Gasteiger partial charge in [0.1, 0.15) is 5.69 Å². The second-order valence-electron chi connectivity index (χ2n) is 5.79. The summed E-state index contributed by atoms with van der Waals surface area (Å²) in [6, 6.07) is 3.39. The minimum absolute atomic E-state index is 0.0104. The summed E-state index contributed by atoms with van der Waals surface area (Å²) >= 11 is 0. The molecule has 7 heteroatoms. The molecule has 0 aliphatic heterocycles. The highest BCUT2D eigenvalue weighted by molar-refractivity contribution is 5.92. The van der Waals surface area contributed by atoms with E-state index in [-0.39, 0.29) is 17.5 Å². The fourth-order valence-electron chi connectivity index (χ4n) is 2.74. The van der Waals surface area contributed by atoms with Crippen LogP contribution in [0, 0.1) is 6.92 Å². The number of carbonyl (C=O) groups excluding carboxylic acids is 1. The van der Waals surface area contributed by atoms with E-state index in [4.69, 9.17) is 0 Å². The van der Waals surface area contributed by atoms with E-state index in [1.54, 1.807) is 23.9 Å². The van der Waals surface area contributed by atoms with E-state index in [9.17, 15) is 9.59 Å². The van der Waals surface area contributed by atoms with Gasteiger partial charge in [0, 0.05) is 31.9 Å². The third-order valence-electron chi connectivity index (χ3n) is 4.14. The molecule has 0 saturated heterocycles. The molecule has 1 amide bonds.